The first-order valence-corrected chi connectivity index (χ1v) is 9.91. The van der Waals surface area contributed by atoms with Gasteiger partial charge in [0.25, 0.3) is 0 Å². The molecule has 118 valence electrons. The predicted molar refractivity (Wildman–Crippen MR) is 90.8 cm³/mol. The largest absolute Gasteiger partial charge is 0.243 e. The fourth-order valence-corrected chi connectivity index (χ4v) is 5.13. The van der Waals surface area contributed by atoms with Gasteiger partial charge < -0.3 is 0 Å². The zero-order valence-corrected chi connectivity index (χ0v) is 14.6. The van der Waals surface area contributed by atoms with Crippen molar-refractivity contribution >= 4 is 21.4 Å². The lowest BCUT2D eigenvalue weighted by Gasteiger charge is -2.20. The lowest BCUT2D eigenvalue weighted by molar-refractivity contribution is 0.469. The second-order valence-corrected chi connectivity index (χ2v) is 8.97. The molecule has 0 aliphatic heterocycles. The quantitative estimate of drug-likeness (QED) is 0.853. The molecule has 22 heavy (non-hydrogen) atoms. The fourth-order valence-electron chi connectivity index (χ4n) is 2.90. The Balaban J connectivity index is 1.87. The molecular weight excluding hydrogens is 314 g/mol. The summed E-state index contributed by atoms with van der Waals surface area (Å²) in [7, 11) is -1.76. The number of hydrogen-bond donors (Lipinski definition) is 0. The molecule has 1 aromatic carbocycles. The molecule has 1 aliphatic rings. The molecule has 0 spiro atoms. The molecule has 0 N–H and O–H groups in total. The first kappa shape index (κ1) is 15.7. The number of sulfonamides is 1. The Hall–Kier alpha value is -1.17. The van der Waals surface area contributed by atoms with E-state index in [1.54, 1.807) is 24.5 Å². The summed E-state index contributed by atoms with van der Waals surface area (Å²) in [6, 6.07) is 7.66. The number of benzene rings is 1. The van der Waals surface area contributed by atoms with E-state index in [4.69, 9.17) is 0 Å². The van der Waals surface area contributed by atoms with Crippen molar-refractivity contribution in [3.63, 3.8) is 0 Å². The molecular formula is C17H21NO2S2. The van der Waals surface area contributed by atoms with Gasteiger partial charge in [-0.1, -0.05) is 6.07 Å². The normalized spacial score (nSPS) is 15.0. The Bertz CT molecular complexity index is 778. The topological polar surface area (TPSA) is 37.4 Å². The van der Waals surface area contributed by atoms with Crippen LogP contribution in [0.15, 0.2) is 34.5 Å². The van der Waals surface area contributed by atoms with E-state index in [1.165, 1.54) is 21.9 Å². The van der Waals surface area contributed by atoms with Crippen LogP contribution < -0.4 is 0 Å². The number of thiophene rings is 1. The van der Waals surface area contributed by atoms with Gasteiger partial charge in [0.15, 0.2) is 0 Å². The van der Waals surface area contributed by atoms with Gasteiger partial charge >= 0.3 is 0 Å². The lowest BCUT2D eigenvalue weighted by Crippen LogP contribution is -2.26. The average molecular weight is 335 g/mol. The molecule has 2 aromatic rings. The molecule has 1 heterocycles. The van der Waals surface area contributed by atoms with Gasteiger partial charge in [-0.3, -0.25) is 0 Å². The molecule has 0 saturated carbocycles. The summed E-state index contributed by atoms with van der Waals surface area (Å²) in [6.07, 6.45) is 4.42. The average Bonchev–Trinajstić information content (AvgIpc) is 2.92. The van der Waals surface area contributed by atoms with Gasteiger partial charge in [-0.25, -0.2) is 8.42 Å². The van der Waals surface area contributed by atoms with E-state index in [1.807, 2.05) is 30.5 Å². The summed E-state index contributed by atoms with van der Waals surface area (Å²) in [4.78, 5) is 1.52. The smallest absolute Gasteiger partial charge is 0.207 e. The van der Waals surface area contributed by atoms with Gasteiger partial charge in [0.2, 0.25) is 10.0 Å². The van der Waals surface area contributed by atoms with E-state index in [0.717, 1.165) is 29.7 Å². The summed E-state index contributed by atoms with van der Waals surface area (Å²) >= 11 is 1.61. The number of nitrogens with zero attached hydrogens (tertiary/aromatic N) is 1. The second kappa shape index (κ2) is 6.14. The first-order valence-electron chi connectivity index (χ1n) is 7.59. The van der Waals surface area contributed by atoms with Crippen molar-refractivity contribution in [1.29, 1.82) is 0 Å². The fraction of sp³-hybridized carbons (Fsp3) is 0.412. The van der Waals surface area contributed by atoms with E-state index in [0.29, 0.717) is 11.4 Å². The van der Waals surface area contributed by atoms with Gasteiger partial charge in [-0.05, 0) is 72.9 Å². The van der Waals surface area contributed by atoms with Crippen LogP contribution in [0.5, 0.6) is 0 Å². The predicted octanol–water partition coefficient (Wildman–Crippen LogP) is 3.76. The monoisotopic (exact) mass is 335 g/mol. The Labute approximate surface area is 136 Å². The van der Waals surface area contributed by atoms with Crippen molar-refractivity contribution in [3.8, 4) is 0 Å². The molecule has 0 unspecified atom stereocenters. The van der Waals surface area contributed by atoms with E-state index in [9.17, 15) is 8.42 Å². The zero-order chi connectivity index (χ0) is 15.7. The number of fused-ring (bicyclic) bond motifs is 1. The molecule has 5 heteroatoms. The number of hydrogen-bond acceptors (Lipinski definition) is 3. The van der Waals surface area contributed by atoms with Crippen molar-refractivity contribution < 1.29 is 8.42 Å². The summed E-state index contributed by atoms with van der Waals surface area (Å²) in [5, 5.41) is 2.00. The van der Waals surface area contributed by atoms with Crippen LogP contribution in [0.4, 0.5) is 0 Å². The van der Waals surface area contributed by atoms with Gasteiger partial charge in [0.1, 0.15) is 0 Å². The molecule has 0 radical (unpaired) electrons. The highest BCUT2D eigenvalue weighted by Crippen LogP contribution is 2.26. The minimum atomic E-state index is -3.43. The lowest BCUT2D eigenvalue weighted by atomic mass is 9.92. The van der Waals surface area contributed by atoms with Gasteiger partial charge in [0, 0.05) is 18.5 Å². The number of rotatable bonds is 4. The maximum Gasteiger partial charge on any atom is 0.243 e. The van der Waals surface area contributed by atoms with Crippen molar-refractivity contribution in [1.82, 2.24) is 4.31 Å². The summed E-state index contributed by atoms with van der Waals surface area (Å²) in [5.41, 5.74) is 3.66. The van der Waals surface area contributed by atoms with Crippen molar-refractivity contribution in [2.24, 2.45) is 0 Å². The minimum Gasteiger partial charge on any atom is -0.207 e. The van der Waals surface area contributed by atoms with Crippen LogP contribution in [0.3, 0.4) is 0 Å². The molecule has 0 bridgehead atoms. The molecule has 1 aliphatic carbocycles. The van der Waals surface area contributed by atoms with Crippen molar-refractivity contribution in [2.45, 2.75) is 44.0 Å². The minimum absolute atomic E-state index is 0.421. The van der Waals surface area contributed by atoms with Crippen LogP contribution in [0, 0.1) is 6.92 Å². The third-order valence-electron chi connectivity index (χ3n) is 4.36. The van der Waals surface area contributed by atoms with E-state index < -0.39 is 10.0 Å². The summed E-state index contributed by atoms with van der Waals surface area (Å²) < 4.78 is 27.0. The highest BCUT2D eigenvalue weighted by molar-refractivity contribution is 7.89. The van der Waals surface area contributed by atoms with Crippen molar-refractivity contribution in [2.75, 3.05) is 7.05 Å². The Morgan fingerprint density at radius 3 is 2.55 bits per heavy atom. The maximum absolute atomic E-state index is 12.8. The third-order valence-corrected chi connectivity index (χ3v) is 7.17. The Morgan fingerprint density at radius 2 is 1.86 bits per heavy atom. The van der Waals surface area contributed by atoms with Gasteiger partial charge in [-0.2, -0.15) is 4.31 Å². The van der Waals surface area contributed by atoms with Crippen LogP contribution in [0.25, 0.3) is 0 Å². The molecule has 1 aromatic heterocycles. The maximum atomic E-state index is 12.8. The first-order chi connectivity index (χ1) is 10.5. The molecule has 0 saturated heterocycles. The Kier molecular flexibility index (Phi) is 4.39. The summed E-state index contributed by atoms with van der Waals surface area (Å²) in [5.74, 6) is 0. The molecule has 0 atom stereocenters. The van der Waals surface area contributed by atoms with Crippen LogP contribution in [-0.4, -0.2) is 19.8 Å². The molecule has 3 rings (SSSR count). The summed E-state index contributed by atoms with van der Waals surface area (Å²) in [6.45, 7) is 2.45. The van der Waals surface area contributed by atoms with E-state index in [-0.39, 0.29) is 0 Å². The highest BCUT2D eigenvalue weighted by Gasteiger charge is 2.23. The van der Waals surface area contributed by atoms with Crippen molar-refractivity contribution in [3.05, 3.63) is 51.2 Å². The third kappa shape index (κ3) is 2.98. The SMILES string of the molecule is Cc1ccsc1CN(C)S(=O)(=O)c1ccc2c(c1)CCCC2. The molecule has 3 nitrogen and oxygen atoms in total. The Morgan fingerprint density at radius 1 is 1.14 bits per heavy atom. The number of aryl methyl sites for hydroxylation is 3. The molecule has 0 amide bonds. The van der Waals surface area contributed by atoms with Gasteiger partial charge in [0.05, 0.1) is 4.90 Å². The second-order valence-electron chi connectivity index (χ2n) is 5.93. The highest BCUT2D eigenvalue weighted by atomic mass is 32.2. The van der Waals surface area contributed by atoms with Gasteiger partial charge in [-0.15, -0.1) is 11.3 Å². The zero-order valence-electron chi connectivity index (χ0n) is 13.0. The van der Waals surface area contributed by atoms with Crippen LogP contribution >= 0.6 is 11.3 Å². The molecule has 0 fully saturated rings. The van der Waals surface area contributed by atoms with E-state index in [2.05, 4.69) is 0 Å². The van der Waals surface area contributed by atoms with E-state index >= 15 is 0 Å². The van der Waals surface area contributed by atoms with Crippen LogP contribution in [0.1, 0.15) is 34.4 Å². The van der Waals surface area contributed by atoms with Crippen LogP contribution in [0.2, 0.25) is 0 Å². The standard InChI is InChI=1S/C17H21NO2S2/c1-13-9-10-21-17(13)12-18(2)22(19,20)16-8-7-14-5-3-4-6-15(14)11-16/h7-11H,3-6,12H2,1-2H3. The van der Waals surface area contributed by atoms with Crippen LogP contribution in [-0.2, 0) is 29.4 Å².